The summed E-state index contributed by atoms with van der Waals surface area (Å²) in [5.41, 5.74) is 2.57. The van der Waals surface area contributed by atoms with Crippen molar-refractivity contribution < 1.29 is 14.3 Å². The molecule has 0 aliphatic carbocycles. The molecule has 0 radical (unpaired) electrons. The number of rotatable bonds is 4. The number of thioether (sulfide) groups is 1. The number of carbonyl (C=O) groups excluding carboxylic acids is 1. The van der Waals surface area contributed by atoms with Gasteiger partial charge in [0.1, 0.15) is 11.9 Å². The van der Waals surface area contributed by atoms with Gasteiger partial charge < -0.3 is 20.1 Å². The molecule has 1 atom stereocenters. The molecule has 2 aliphatic heterocycles. The lowest BCUT2D eigenvalue weighted by Gasteiger charge is -2.12. The minimum absolute atomic E-state index is 0.0521. The van der Waals surface area contributed by atoms with E-state index in [-0.39, 0.29) is 18.2 Å². The minimum atomic E-state index is -0.347. The van der Waals surface area contributed by atoms with E-state index in [0.29, 0.717) is 13.2 Å². The Morgan fingerprint density at radius 3 is 3.00 bits per heavy atom. The minimum Gasteiger partial charge on any atom is -0.444 e. The Kier molecular flexibility index (Phi) is 7.00. The van der Waals surface area contributed by atoms with E-state index in [0.717, 1.165) is 17.9 Å². The molecule has 2 aliphatic rings. The van der Waals surface area contributed by atoms with Crippen LogP contribution in [0.1, 0.15) is 25.8 Å². The van der Waals surface area contributed by atoms with E-state index in [1.165, 1.54) is 22.6 Å². The quantitative estimate of drug-likeness (QED) is 0.738. The zero-order valence-electron chi connectivity index (χ0n) is 15.7. The van der Waals surface area contributed by atoms with Crippen molar-refractivity contribution in [2.75, 3.05) is 24.3 Å². The second-order valence-corrected chi connectivity index (χ2v) is 7.84. The lowest BCUT2D eigenvalue weighted by Crippen LogP contribution is -2.33. The lowest BCUT2D eigenvalue weighted by atomic mass is 10.1. The number of benzene rings is 1. The maximum atomic E-state index is 11.0. The summed E-state index contributed by atoms with van der Waals surface area (Å²) in [4.78, 5) is 12.4. The zero-order chi connectivity index (χ0) is 19.1. The van der Waals surface area contributed by atoms with Crippen molar-refractivity contribution in [3.05, 3.63) is 36.0 Å². The molecular weight excluding hydrogens is 364 g/mol. The van der Waals surface area contributed by atoms with Gasteiger partial charge in [0.15, 0.2) is 0 Å². The predicted octanol–water partition coefficient (Wildman–Crippen LogP) is 3.71. The topological polar surface area (TPSA) is 88.3 Å². The summed E-state index contributed by atoms with van der Waals surface area (Å²) in [7, 11) is 0. The summed E-state index contributed by atoms with van der Waals surface area (Å²) in [6.07, 6.45) is 3.33. The largest absolute Gasteiger partial charge is 0.444 e. The molecular formula is C19H26N4O3S. The van der Waals surface area contributed by atoms with Crippen LogP contribution in [0.15, 0.2) is 35.4 Å². The number of nitrogens with zero attached hydrogens (tertiary/aromatic N) is 1. The van der Waals surface area contributed by atoms with Gasteiger partial charge in [0.25, 0.3) is 0 Å². The van der Waals surface area contributed by atoms with Crippen LogP contribution in [-0.4, -0.2) is 47.4 Å². The van der Waals surface area contributed by atoms with Crippen molar-refractivity contribution in [3.8, 4) is 0 Å². The van der Waals surface area contributed by atoms with Gasteiger partial charge in [0.2, 0.25) is 0 Å². The number of ether oxygens (including phenoxy) is 2. The van der Waals surface area contributed by atoms with Gasteiger partial charge in [-0.1, -0.05) is 0 Å². The molecule has 8 heteroatoms. The van der Waals surface area contributed by atoms with Gasteiger partial charge in [-0.2, -0.15) is 5.10 Å². The van der Waals surface area contributed by atoms with Gasteiger partial charge in [-0.3, -0.25) is 5.10 Å². The summed E-state index contributed by atoms with van der Waals surface area (Å²) in [5, 5.41) is 12.7. The second kappa shape index (κ2) is 9.66. The number of alkyl carbamates (subject to hydrolysis) is 1. The molecule has 1 aromatic carbocycles. The Hall–Kier alpha value is -2.19. The van der Waals surface area contributed by atoms with Crippen LogP contribution < -0.4 is 10.6 Å². The van der Waals surface area contributed by atoms with E-state index in [9.17, 15) is 4.79 Å². The van der Waals surface area contributed by atoms with Crippen LogP contribution in [0.5, 0.6) is 0 Å². The monoisotopic (exact) mass is 390 g/mol. The molecule has 0 bridgehead atoms. The summed E-state index contributed by atoms with van der Waals surface area (Å²) in [6, 6.07) is 8.56. The SMILES string of the molecule is CC(C)NC(=O)OC1CCOC1.c1cc(Nc2ccc3c(c2)CCS3)[nH]n1. The number of fused-ring (bicyclic) bond motifs is 1. The third-order valence-electron chi connectivity index (χ3n) is 4.04. The number of aromatic amines is 1. The average molecular weight is 391 g/mol. The van der Waals surface area contributed by atoms with Crippen molar-refractivity contribution in [2.45, 2.75) is 43.7 Å². The van der Waals surface area contributed by atoms with Crippen LogP contribution in [0.2, 0.25) is 0 Å². The van der Waals surface area contributed by atoms with E-state index >= 15 is 0 Å². The average Bonchev–Trinajstić information content (AvgIpc) is 3.36. The summed E-state index contributed by atoms with van der Waals surface area (Å²) >= 11 is 1.94. The van der Waals surface area contributed by atoms with E-state index in [1.54, 1.807) is 6.20 Å². The Labute approximate surface area is 163 Å². The summed E-state index contributed by atoms with van der Waals surface area (Å²) < 4.78 is 10.1. The first-order valence-electron chi connectivity index (χ1n) is 9.17. The first kappa shape index (κ1) is 19.6. The normalized spacial score (nSPS) is 17.8. The van der Waals surface area contributed by atoms with Crippen LogP contribution >= 0.6 is 11.8 Å². The molecule has 1 fully saturated rings. The maximum Gasteiger partial charge on any atom is 0.407 e. The standard InChI is InChI=1S/C11H11N3S.C8H15NO3/c1-2-10-8(4-6-15-10)7-9(1)13-11-3-5-12-14-11;1-6(2)9-8(10)12-7-3-4-11-5-7/h1-3,5,7H,4,6H2,(H2,12,13,14);6-7H,3-5H2,1-2H3,(H,9,10). The third kappa shape index (κ3) is 6.18. The number of H-pyrrole nitrogens is 1. The molecule has 1 aromatic heterocycles. The number of anilines is 2. The number of hydrogen-bond acceptors (Lipinski definition) is 6. The Morgan fingerprint density at radius 1 is 1.41 bits per heavy atom. The lowest BCUT2D eigenvalue weighted by molar-refractivity contribution is 0.0817. The second-order valence-electron chi connectivity index (χ2n) is 6.71. The summed E-state index contributed by atoms with van der Waals surface area (Å²) in [6.45, 7) is 5.02. The van der Waals surface area contributed by atoms with E-state index in [4.69, 9.17) is 9.47 Å². The number of hydrogen-bond donors (Lipinski definition) is 3. The highest BCUT2D eigenvalue weighted by molar-refractivity contribution is 7.99. The molecule has 7 nitrogen and oxygen atoms in total. The first-order chi connectivity index (χ1) is 13.1. The van der Waals surface area contributed by atoms with E-state index in [1.807, 2.05) is 31.7 Å². The fourth-order valence-electron chi connectivity index (χ4n) is 2.77. The van der Waals surface area contributed by atoms with E-state index in [2.05, 4.69) is 39.0 Å². The van der Waals surface area contributed by atoms with Gasteiger partial charge in [-0.15, -0.1) is 11.8 Å². The predicted molar refractivity (Wildman–Crippen MR) is 107 cm³/mol. The highest BCUT2D eigenvalue weighted by Gasteiger charge is 2.19. The van der Waals surface area contributed by atoms with Gasteiger partial charge in [-0.25, -0.2) is 4.79 Å². The van der Waals surface area contributed by atoms with Crippen LogP contribution in [0.25, 0.3) is 0 Å². The maximum absolute atomic E-state index is 11.0. The Bertz CT molecular complexity index is 731. The van der Waals surface area contributed by atoms with Crippen LogP contribution in [0.3, 0.4) is 0 Å². The molecule has 27 heavy (non-hydrogen) atoms. The molecule has 2 aromatic rings. The van der Waals surface area contributed by atoms with E-state index < -0.39 is 0 Å². The van der Waals surface area contributed by atoms with Crippen LogP contribution in [0.4, 0.5) is 16.3 Å². The molecule has 1 amide bonds. The fraction of sp³-hybridized carbons (Fsp3) is 0.474. The molecule has 4 rings (SSSR count). The molecule has 146 valence electrons. The third-order valence-corrected chi connectivity index (χ3v) is 5.15. The number of amides is 1. The smallest absolute Gasteiger partial charge is 0.407 e. The van der Waals surface area contributed by atoms with Crippen LogP contribution in [-0.2, 0) is 15.9 Å². The van der Waals surface area contributed by atoms with Crippen molar-refractivity contribution in [1.29, 1.82) is 0 Å². The molecule has 0 spiro atoms. The summed E-state index contributed by atoms with van der Waals surface area (Å²) in [5.74, 6) is 2.14. The molecule has 3 N–H and O–H groups in total. The van der Waals surface area contributed by atoms with Gasteiger partial charge in [0.05, 0.1) is 19.4 Å². The Morgan fingerprint density at radius 2 is 2.30 bits per heavy atom. The van der Waals surface area contributed by atoms with Crippen molar-refractivity contribution in [2.24, 2.45) is 0 Å². The molecule has 3 heterocycles. The molecule has 1 unspecified atom stereocenters. The highest BCUT2D eigenvalue weighted by Crippen LogP contribution is 2.33. The number of nitrogens with one attached hydrogen (secondary N) is 3. The highest BCUT2D eigenvalue weighted by atomic mass is 32.2. The number of carbonyl (C=O) groups is 1. The first-order valence-corrected chi connectivity index (χ1v) is 10.2. The number of aryl methyl sites for hydroxylation is 1. The Balaban J connectivity index is 0.000000161. The fourth-order valence-corrected chi connectivity index (χ4v) is 3.82. The van der Waals surface area contributed by atoms with Gasteiger partial charge in [0, 0.05) is 34.9 Å². The molecule has 1 saturated heterocycles. The van der Waals surface area contributed by atoms with Crippen molar-refractivity contribution in [1.82, 2.24) is 15.5 Å². The van der Waals surface area contributed by atoms with Crippen molar-refractivity contribution in [3.63, 3.8) is 0 Å². The van der Waals surface area contributed by atoms with Gasteiger partial charge in [-0.05, 0) is 44.0 Å². The van der Waals surface area contributed by atoms with Crippen molar-refractivity contribution >= 4 is 29.4 Å². The van der Waals surface area contributed by atoms with Crippen LogP contribution in [0, 0.1) is 0 Å². The number of aromatic nitrogens is 2. The molecule has 0 saturated carbocycles. The van der Waals surface area contributed by atoms with Gasteiger partial charge >= 0.3 is 6.09 Å². The zero-order valence-corrected chi connectivity index (χ0v) is 16.5.